The van der Waals surface area contributed by atoms with Gasteiger partial charge in [0, 0.05) is 5.57 Å². The van der Waals surface area contributed by atoms with Gasteiger partial charge in [0.2, 0.25) is 0 Å². The number of carbonyl (C=O) groups excluding carboxylic acids is 1. The van der Waals surface area contributed by atoms with E-state index in [0.29, 0.717) is 17.1 Å². The Morgan fingerprint density at radius 2 is 1.62 bits per heavy atom. The molecule has 0 aliphatic heterocycles. The van der Waals surface area contributed by atoms with Crippen molar-refractivity contribution in [1.82, 2.24) is 0 Å². The first-order chi connectivity index (χ1) is 10.0. The van der Waals surface area contributed by atoms with Crippen LogP contribution < -0.4 is 9.47 Å². The predicted molar refractivity (Wildman–Crippen MR) is 83.6 cm³/mol. The van der Waals surface area contributed by atoms with Crippen LogP contribution in [-0.2, 0) is 4.79 Å². The Labute approximate surface area is 124 Å². The van der Waals surface area contributed by atoms with Crippen molar-refractivity contribution in [3.05, 3.63) is 60.2 Å². The van der Waals surface area contributed by atoms with Gasteiger partial charge in [-0.1, -0.05) is 42.5 Å². The fourth-order valence-electron chi connectivity index (χ4n) is 1.86. The Kier molecular flexibility index (Phi) is 4.43. The van der Waals surface area contributed by atoms with Crippen molar-refractivity contribution in [3.63, 3.8) is 0 Å². The molecule has 0 saturated carbocycles. The summed E-state index contributed by atoms with van der Waals surface area (Å²) in [5, 5.41) is 0. The molecule has 108 valence electrons. The first-order valence-corrected chi connectivity index (χ1v) is 6.64. The van der Waals surface area contributed by atoms with Crippen LogP contribution in [0, 0.1) is 6.92 Å². The van der Waals surface area contributed by atoms with Crippen molar-refractivity contribution in [2.24, 2.45) is 0 Å². The van der Waals surface area contributed by atoms with Crippen molar-refractivity contribution >= 4 is 5.97 Å². The standard InChI is InChI=1S/C18H18O3/c1-12(2)18(19)21-16-10-9-15(11-17(16)20-4)14-7-5-13(3)6-8-14/h5-11H,1H2,2-4H3. The van der Waals surface area contributed by atoms with Crippen LogP contribution in [-0.4, -0.2) is 13.1 Å². The first-order valence-electron chi connectivity index (χ1n) is 6.64. The van der Waals surface area contributed by atoms with Gasteiger partial charge < -0.3 is 9.47 Å². The van der Waals surface area contributed by atoms with Crippen LogP contribution >= 0.6 is 0 Å². The summed E-state index contributed by atoms with van der Waals surface area (Å²) >= 11 is 0. The van der Waals surface area contributed by atoms with Crippen LogP contribution in [0.1, 0.15) is 12.5 Å². The fraction of sp³-hybridized carbons (Fsp3) is 0.167. The number of esters is 1. The van der Waals surface area contributed by atoms with Crippen LogP contribution in [0.5, 0.6) is 11.5 Å². The van der Waals surface area contributed by atoms with Gasteiger partial charge in [0.25, 0.3) is 0 Å². The Hall–Kier alpha value is -2.55. The Morgan fingerprint density at radius 3 is 2.19 bits per heavy atom. The summed E-state index contributed by atoms with van der Waals surface area (Å²) in [4.78, 5) is 11.6. The maximum Gasteiger partial charge on any atom is 0.338 e. The number of benzene rings is 2. The molecule has 0 amide bonds. The van der Waals surface area contributed by atoms with E-state index in [-0.39, 0.29) is 0 Å². The summed E-state index contributed by atoms with van der Waals surface area (Å²) in [7, 11) is 1.55. The monoisotopic (exact) mass is 282 g/mol. The van der Waals surface area contributed by atoms with Crippen molar-refractivity contribution in [3.8, 4) is 22.6 Å². The van der Waals surface area contributed by atoms with Crippen molar-refractivity contribution in [2.75, 3.05) is 7.11 Å². The minimum atomic E-state index is -0.462. The first kappa shape index (κ1) is 14.9. The Morgan fingerprint density at radius 1 is 1.00 bits per heavy atom. The third-order valence-corrected chi connectivity index (χ3v) is 3.10. The molecule has 2 aromatic rings. The van der Waals surface area contributed by atoms with Gasteiger partial charge in [-0.3, -0.25) is 0 Å². The van der Waals surface area contributed by atoms with Crippen LogP contribution in [0.4, 0.5) is 0 Å². The normalized spacial score (nSPS) is 10.0. The number of methoxy groups -OCH3 is 1. The third kappa shape index (κ3) is 3.51. The maximum absolute atomic E-state index is 11.6. The van der Waals surface area contributed by atoms with Crippen LogP contribution in [0.3, 0.4) is 0 Å². The molecular weight excluding hydrogens is 264 g/mol. The molecule has 2 rings (SSSR count). The second-order valence-electron chi connectivity index (χ2n) is 4.90. The molecule has 3 heteroatoms. The van der Waals surface area contributed by atoms with E-state index < -0.39 is 5.97 Å². The molecule has 3 nitrogen and oxygen atoms in total. The highest BCUT2D eigenvalue weighted by molar-refractivity contribution is 5.89. The summed E-state index contributed by atoms with van der Waals surface area (Å²) in [5.74, 6) is 0.445. The number of ether oxygens (including phenoxy) is 2. The zero-order chi connectivity index (χ0) is 15.4. The molecule has 2 aromatic carbocycles. The van der Waals surface area contributed by atoms with Gasteiger partial charge >= 0.3 is 5.97 Å². The molecular formula is C18H18O3. The van der Waals surface area contributed by atoms with Crippen molar-refractivity contribution < 1.29 is 14.3 Å². The van der Waals surface area contributed by atoms with Gasteiger partial charge in [0.05, 0.1) is 7.11 Å². The summed E-state index contributed by atoms with van der Waals surface area (Å²) in [5.41, 5.74) is 3.64. The van der Waals surface area contributed by atoms with Crippen molar-refractivity contribution in [1.29, 1.82) is 0 Å². The van der Waals surface area contributed by atoms with E-state index in [4.69, 9.17) is 9.47 Å². The molecule has 0 spiro atoms. The fourth-order valence-corrected chi connectivity index (χ4v) is 1.86. The van der Waals surface area contributed by atoms with Crippen LogP contribution in [0.2, 0.25) is 0 Å². The van der Waals surface area contributed by atoms with E-state index >= 15 is 0 Å². The van der Waals surface area contributed by atoms with Crippen LogP contribution in [0.25, 0.3) is 11.1 Å². The van der Waals surface area contributed by atoms with E-state index in [1.54, 1.807) is 20.1 Å². The highest BCUT2D eigenvalue weighted by Crippen LogP contribution is 2.33. The average molecular weight is 282 g/mol. The summed E-state index contributed by atoms with van der Waals surface area (Å²) in [6.45, 7) is 7.22. The van der Waals surface area contributed by atoms with E-state index in [0.717, 1.165) is 11.1 Å². The molecule has 0 unspecified atom stereocenters. The smallest absolute Gasteiger partial charge is 0.338 e. The number of hydrogen-bond donors (Lipinski definition) is 0. The second kappa shape index (κ2) is 6.27. The van der Waals surface area contributed by atoms with Crippen LogP contribution in [0.15, 0.2) is 54.6 Å². The maximum atomic E-state index is 11.6. The Balaban J connectivity index is 2.33. The molecule has 0 aliphatic carbocycles. The molecule has 0 N–H and O–H groups in total. The predicted octanol–water partition coefficient (Wildman–Crippen LogP) is 4.15. The highest BCUT2D eigenvalue weighted by atomic mass is 16.6. The van der Waals surface area contributed by atoms with E-state index in [2.05, 4.69) is 18.7 Å². The molecule has 0 aromatic heterocycles. The van der Waals surface area contributed by atoms with E-state index in [9.17, 15) is 4.79 Å². The largest absolute Gasteiger partial charge is 0.493 e. The number of aryl methyl sites for hydroxylation is 1. The Bertz CT molecular complexity index is 669. The van der Waals surface area contributed by atoms with E-state index in [1.807, 2.05) is 31.2 Å². The molecule has 0 atom stereocenters. The topological polar surface area (TPSA) is 35.5 Å². The second-order valence-corrected chi connectivity index (χ2v) is 4.90. The van der Waals surface area contributed by atoms with Gasteiger partial charge in [0.1, 0.15) is 0 Å². The molecule has 0 fully saturated rings. The van der Waals surface area contributed by atoms with Crippen molar-refractivity contribution in [2.45, 2.75) is 13.8 Å². The van der Waals surface area contributed by atoms with Gasteiger partial charge in [-0.15, -0.1) is 0 Å². The molecule has 0 radical (unpaired) electrons. The third-order valence-electron chi connectivity index (χ3n) is 3.10. The lowest BCUT2D eigenvalue weighted by molar-refractivity contribution is -0.130. The lowest BCUT2D eigenvalue weighted by Crippen LogP contribution is -2.09. The zero-order valence-electron chi connectivity index (χ0n) is 12.5. The van der Waals surface area contributed by atoms with Gasteiger partial charge in [-0.2, -0.15) is 0 Å². The molecule has 0 heterocycles. The lowest BCUT2D eigenvalue weighted by Gasteiger charge is -2.11. The minimum Gasteiger partial charge on any atom is -0.493 e. The number of hydrogen-bond acceptors (Lipinski definition) is 3. The number of rotatable bonds is 4. The summed E-state index contributed by atoms with van der Waals surface area (Å²) in [6, 6.07) is 13.7. The summed E-state index contributed by atoms with van der Waals surface area (Å²) < 4.78 is 10.5. The van der Waals surface area contributed by atoms with Gasteiger partial charge in [-0.05, 0) is 37.1 Å². The zero-order valence-corrected chi connectivity index (χ0v) is 12.5. The number of carbonyl (C=O) groups is 1. The lowest BCUT2D eigenvalue weighted by atomic mass is 10.0. The summed E-state index contributed by atoms with van der Waals surface area (Å²) in [6.07, 6.45) is 0. The van der Waals surface area contributed by atoms with E-state index in [1.165, 1.54) is 5.56 Å². The molecule has 21 heavy (non-hydrogen) atoms. The van der Waals surface area contributed by atoms with Gasteiger partial charge in [-0.25, -0.2) is 4.79 Å². The molecule has 0 aliphatic rings. The average Bonchev–Trinajstić information content (AvgIpc) is 2.48. The highest BCUT2D eigenvalue weighted by Gasteiger charge is 2.12. The molecule has 0 bridgehead atoms. The van der Waals surface area contributed by atoms with Gasteiger partial charge in [0.15, 0.2) is 11.5 Å². The quantitative estimate of drug-likeness (QED) is 0.480. The minimum absolute atomic E-state index is 0.347. The molecule has 0 saturated heterocycles. The SMILES string of the molecule is C=C(C)C(=O)Oc1ccc(-c2ccc(C)cc2)cc1OC.